The number of hydrogen-bond donors (Lipinski definition) is 1. The van der Waals surface area contributed by atoms with E-state index in [4.69, 9.17) is 4.74 Å². The van der Waals surface area contributed by atoms with E-state index >= 15 is 0 Å². The fourth-order valence-corrected chi connectivity index (χ4v) is 4.04. The molecule has 2 aromatic rings. The summed E-state index contributed by atoms with van der Waals surface area (Å²) in [5.41, 5.74) is 1.81. The Morgan fingerprint density at radius 3 is 2.16 bits per heavy atom. The minimum Gasteiger partial charge on any atom is -0.497 e. The maximum atomic E-state index is 12.8. The minimum atomic E-state index is -3.37. The Balaban J connectivity index is 1.57. The van der Waals surface area contributed by atoms with Crippen molar-refractivity contribution in [2.75, 3.05) is 44.3 Å². The second kappa shape index (κ2) is 9.82. The number of rotatable bonds is 6. The molecule has 0 bridgehead atoms. The van der Waals surface area contributed by atoms with Crippen LogP contribution >= 0.6 is 0 Å². The molecule has 9 heteroatoms. The Morgan fingerprint density at radius 1 is 0.935 bits per heavy atom. The first-order valence-corrected chi connectivity index (χ1v) is 11.9. The molecule has 31 heavy (non-hydrogen) atoms. The molecule has 1 aliphatic heterocycles. The summed E-state index contributed by atoms with van der Waals surface area (Å²) in [4.78, 5) is 29.1. The van der Waals surface area contributed by atoms with E-state index in [9.17, 15) is 18.0 Å². The van der Waals surface area contributed by atoms with Gasteiger partial charge in [-0.3, -0.25) is 14.3 Å². The summed E-state index contributed by atoms with van der Waals surface area (Å²) in [7, 11) is -1.76. The molecule has 0 spiro atoms. The highest BCUT2D eigenvalue weighted by Crippen LogP contribution is 2.16. The number of carbonyl (C=O) groups is 2. The molecule has 0 saturated carbocycles. The predicted octanol–water partition coefficient (Wildman–Crippen LogP) is 1.98. The van der Waals surface area contributed by atoms with Gasteiger partial charge in [-0.25, -0.2) is 8.42 Å². The zero-order valence-electron chi connectivity index (χ0n) is 17.7. The summed E-state index contributed by atoms with van der Waals surface area (Å²) in [6.45, 7) is 2.11. The van der Waals surface area contributed by atoms with Gasteiger partial charge in [0.1, 0.15) is 5.75 Å². The molecular formula is C22H27N3O5S. The highest BCUT2D eigenvalue weighted by atomic mass is 32.2. The third-order valence-corrected chi connectivity index (χ3v) is 5.69. The Hall–Kier alpha value is -3.07. The number of carbonyl (C=O) groups excluding carboxylic acids is 2. The molecule has 1 N–H and O–H groups in total. The Labute approximate surface area is 182 Å². The highest BCUT2D eigenvalue weighted by molar-refractivity contribution is 7.92. The number of nitrogens with zero attached hydrogens (tertiary/aromatic N) is 2. The van der Waals surface area contributed by atoms with Crippen molar-refractivity contribution < 1.29 is 22.7 Å². The maximum Gasteiger partial charge on any atom is 0.253 e. The van der Waals surface area contributed by atoms with E-state index in [0.717, 1.165) is 17.6 Å². The van der Waals surface area contributed by atoms with Crippen LogP contribution in [-0.4, -0.2) is 69.6 Å². The molecule has 3 rings (SSSR count). The normalized spacial score (nSPS) is 14.6. The van der Waals surface area contributed by atoms with Crippen LogP contribution in [0.25, 0.3) is 0 Å². The number of nitrogens with one attached hydrogen (secondary N) is 1. The van der Waals surface area contributed by atoms with E-state index in [0.29, 0.717) is 50.3 Å². The number of ether oxygens (including phenoxy) is 1. The third kappa shape index (κ3) is 6.45. The number of hydrogen-bond acceptors (Lipinski definition) is 5. The molecule has 0 unspecified atom stereocenters. The lowest BCUT2D eigenvalue weighted by atomic mass is 10.1. The van der Waals surface area contributed by atoms with Gasteiger partial charge >= 0.3 is 0 Å². The van der Waals surface area contributed by atoms with Gasteiger partial charge in [0.2, 0.25) is 15.9 Å². The highest BCUT2D eigenvalue weighted by Gasteiger charge is 2.23. The summed E-state index contributed by atoms with van der Waals surface area (Å²) in [5.74, 6) is 0.659. The average molecular weight is 446 g/mol. The summed E-state index contributed by atoms with van der Waals surface area (Å²) >= 11 is 0. The molecule has 0 radical (unpaired) electrons. The average Bonchev–Trinajstić information content (AvgIpc) is 2.99. The predicted molar refractivity (Wildman–Crippen MR) is 119 cm³/mol. The molecule has 0 aliphatic carbocycles. The Bertz CT molecular complexity index is 1020. The quantitative estimate of drug-likeness (QED) is 0.734. The molecule has 1 aliphatic rings. The standard InChI is InChI=1S/C22H27N3O5S/c1-30-20-10-4-17(5-11-20)16-21(26)24-12-3-13-25(15-14-24)22(27)18-6-8-19(9-7-18)23-31(2,28)29/h4-11,23H,3,12-16H2,1-2H3. The van der Waals surface area contributed by atoms with Crippen molar-refractivity contribution >= 4 is 27.5 Å². The van der Waals surface area contributed by atoms with Crippen LogP contribution in [0.2, 0.25) is 0 Å². The van der Waals surface area contributed by atoms with E-state index < -0.39 is 10.0 Å². The monoisotopic (exact) mass is 445 g/mol. The van der Waals surface area contributed by atoms with Crippen LogP contribution in [0.15, 0.2) is 48.5 Å². The van der Waals surface area contributed by atoms with Gasteiger partial charge in [-0.05, 0) is 48.4 Å². The fourth-order valence-electron chi connectivity index (χ4n) is 3.48. The summed E-state index contributed by atoms with van der Waals surface area (Å²) in [6, 6.07) is 13.8. The lowest BCUT2D eigenvalue weighted by molar-refractivity contribution is -0.130. The summed E-state index contributed by atoms with van der Waals surface area (Å²) < 4.78 is 30.1. The van der Waals surface area contributed by atoms with Crippen LogP contribution in [0.1, 0.15) is 22.3 Å². The van der Waals surface area contributed by atoms with Crippen LogP contribution in [-0.2, 0) is 21.2 Å². The lowest BCUT2D eigenvalue weighted by Gasteiger charge is -2.22. The molecule has 0 atom stereocenters. The second-order valence-electron chi connectivity index (χ2n) is 7.50. The Morgan fingerprint density at radius 2 is 1.55 bits per heavy atom. The van der Waals surface area contributed by atoms with Crippen molar-refractivity contribution in [1.29, 1.82) is 0 Å². The topological polar surface area (TPSA) is 96.0 Å². The van der Waals surface area contributed by atoms with E-state index in [-0.39, 0.29) is 11.8 Å². The SMILES string of the molecule is COc1ccc(CC(=O)N2CCCN(C(=O)c3ccc(NS(C)(=O)=O)cc3)CC2)cc1. The molecule has 1 heterocycles. The van der Waals surface area contributed by atoms with Crippen LogP contribution in [0.4, 0.5) is 5.69 Å². The van der Waals surface area contributed by atoms with Crippen LogP contribution in [0.5, 0.6) is 5.75 Å². The molecule has 1 fully saturated rings. The van der Waals surface area contributed by atoms with Gasteiger partial charge in [0, 0.05) is 37.4 Å². The summed E-state index contributed by atoms with van der Waals surface area (Å²) in [6.07, 6.45) is 2.09. The number of sulfonamides is 1. The first-order valence-electron chi connectivity index (χ1n) is 10.0. The lowest BCUT2D eigenvalue weighted by Crippen LogP contribution is -2.38. The van der Waals surface area contributed by atoms with Gasteiger partial charge in [-0.1, -0.05) is 12.1 Å². The van der Waals surface area contributed by atoms with Gasteiger partial charge in [0.15, 0.2) is 0 Å². The molecule has 2 amide bonds. The smallest absolute Gasteiger partial charge is 0.253 e. The van der Waals surface area contributed by atoms with Crippen molar-refractivity contribution in [3.05, 3.63) is 59.7 Å². The molecule has 166 valence electrons. The van der Waals surface area contributed by atoms with Gasteiger partial charge in [0.05, 0.1) is 19.8 Å². The molecule has 1 saturated heterocycles. The molecule has 0 aromatic heterocycles. The summed E-state index contributed by atoms with van der Waals surface area (Å²) in [5, 5.41) is 0. The zero-order valence-corrected chi connectivity index (χ0v) is 18.5. The van der Waals surface area contributed by atoms with Gasteiger partial charge < -0.3 is 14.5 Å². The van der Waals surface area contributed by atoms with Gasteiger partial charge in [-0.2, -0.15) is 0 Å². The third-order valence-electron chi connectivity index (χ3n) is 5.09. The zero-order chi connectivity index (χ0) is 22.4. The van der Waals surface area contributed by atoms with E-state index in [1.165, 1.54) is 0 Å². The van der Waals surface area contributed by atoms with Crippen molar-refractivity contribution in [2.45, 2.75) is 12.8 Å². The van der Waals surface area contributed by atoms with Gasteiger partial charge in [0.25, 0.3) is 5.91 Å². The number of benzene rings is 2. The van der Waals surface area contributed by atoms with Crippen LogP contribution in [0.3, 0.4) is 0 Å². The molecular weight excluding hydrogens is 418 g/mol. The first-order chi connectivity index (χ1) is 14.7. The fraction of sp³-hybridized carbons (Fsp3) is 0.364. The van der Waals surface area contributed by atoms with Crippen LogP contribution in [0, 0.1) is 0 Å². The van der Waals surface area contributed by atoms with Crippen LogP contribution < -0.4 is 9.46 Å². The van der Waals surface area contributed by atoms with E-state index in [2.05, 4.69) is 4.72 Å². The van der Waals surface area contributed by atoms with Crippen molar-refractivity contribution in [3.8, 4) is 5.75 Å². The van der Waals surface area contributed by atoms with Crippen molar-refractivity contribution in [3.63, 3.8) is 0 Å². The van der Waals surface area contributed by atoms with E-state index in [1.54, 1.807) is 41.2 Å². The molecule has 8 nitrogen and oxygen atoms in total. The van der Waals surface area contributed by atoms with Gasteiger partial charge in [-0.15, -0.1) is 0 Å². The largest absolute Gasteiger partial charge is 0.497 e. The first kappa shape index (κ1) is 22.6. The number of methoxy groups -OCH3 is 1. The number of amides is 2. The minimum absolute atomic E-state index is 0.0377. The van der Waals surface area contributed by atoms with Crippen molar-refractivity contribution in [1.82, 2.24) is 9.80 Å². The second-order valence-corrected chi connectivity index (χ2v) is 9.25. The van der Waals surface area contributed by atoms with E-state index in [1.807, 2.05) is 24.3 Å². The number of anilines is 1. The Kier molecular flexibility index (Phi) is 7.17. The van der Waals surface area contributed by atoms with Crippen molar-refractivity contribution in [2.24, 2.45) is 0 Å². The molecule has 2 aromatic carbocycles. The maximum absolute atomic E-state index is 12.8.